The van der Waals surface area contributed by atoms with Crippen LogP contribution in [-0.2, 0) is 0 Å². The van der Waals surface area contributed by atoms with E-state index in [0.717, 1.165) is 23.0 Å². The Morgan fingerprint density at radius 2 is 2.00 bits per heavy atom. The molecule has 0 aliphatic rings. The third kappa shape index (κ3) is 3.57. The lowest BCUT2D eigenvalue weighted by Crippen LogP contribution is -2.12. The van der Waals surface area contributed by atoms with E-state index in [-0.39, 0.29) is 0 Å². The van der Waals surface area contributed by atoms with Crippen molar-refractivity contribution in [3.63, 3.8) is 0 Å². The SMILES string of the molecule is CC(=Nc1cc(C)ccc1O[SiH](C)C)n1ccc(C)n1. The summed E-state index contributed by atoms with van der Waals surface area (Å²) in [6, 6.07) is 8.07. The van der Waals surface area contributed by atoms with Crippen molar-refractivity contribution in [2.75, 3.05) is 0 Å². The first-order chi connectivity index (χ1) is 9.45. The Morgan fingerprint density at radius 3 is 2.60 bits per heavy atom. The second kappa shape index (κ2) is 6.05. The summed E-state index contributed by atoms with van der Waals surface area (Å²) in [5.74, 6) is 1.69. The van der Waals surface area contributed by atoms with Gasteiger partial charge in [0.05, 0.1) is 5.69 Å². The zero-order valence-electron chi connectivity index (χ0n) is 12.7. The number of aryl methyl sites for hydroxylation is 2. The van der Waals surface area contributed by atoms with Gasteiger partial charge in [0.1, 0.15) is 17.3 Å². The van der Waals surface area contributed by atoms with Crippen LogP contribution in [0.15, 0.2) is 35.5 Å². The summed E-state index contributed by atoms with van der Waals surface area (Å²) in [7, 11) is -1.15. The first-order valence-corrected chi connectivity index (χ1v) is 9.59. The fraction of sp³-hybridized carbons (Fsp3) is 0.333. The summed E-state index contributed by atoms with van der Waals surface area (Å²) < 4.78 is 7.73. The van der Waals surface area contributed by atoms with Crippen LogP contribution >= 0.6 is 0 Å². The number of aromatic nitrogens is 2. The number of nitrogens with zero attached hydrogens (tertiary/aromatic N) is 3. The quantitative estimate of drug-likeness (QED) is 0.493. The van der Waals surface area contributed by atoms with E-state index >= 15 is 0 Å². The van der Waals surface area contributed by atoms with Crippen molar-refractivity contribution in [2.24, 2.45) is 4.99 Å². The molecule has 0 bridgehead atoms. The van der Waals surface area contributed by atoms with Gasteiger partial charge in [-0.2, -0.15) is 5.10 Å². The smallest absolute Gasteiger partial charge is 0.229 e. The monoisotopic (exact) mass is 287 g/mol. The van der Waals surface area contributed by atoms with Crippen LogP contribution in [0.3, 0.4) is 0 Å². The zero-order chi connectivity index (χ0) is 14.7. The molecule has 0 radical (unpaired) electrons. The molecule has 4 nitrogen and oxygen atoms in total. The Morgan fingerprint density at radius 1 is 1.25 bits per heavy atom. The van der Waals surface area contributed by atoms with Gasteiger partial charge in [-0.3, -0.25) is 0 Å². The van der Waals surface area contributed by atoms with E-state index in [1.807, 2.05) is 38.2 Å². The molecule has 2 rings (SSSR count). The third-order valence-electron chi connectivity index (χ3n) is 2.81. The maximum atomic E-state index is 5.94. The number of hydrogen-bond donors (Lipinski definition) is 0. The largest absolute Gasteiger partial charge is 0.546 e. The molecule has 0 saturated heterocycles. The summed E-state index contributed by atoms with van der Waals surface area (Å²) in [5, 5.41) is 4.37. The Kier molecular flexibility index (Phi) is 4.39. The number of rotatable bonds is 3. The first kappa shape index (κ1) is 14.5. The van der Waals surface area contributed by atoms with E-state index in [0.29, 0.717) is 0 Å². The summed E-state index contributed by atoms with van der Waals surface area (Å²) in [4.78, 5) is 4.67. The summed E-state index contributed by atoms with van der Waals surface area (Å²) in [6.07, 6.45) is 1.92. The lowest BCUT2D eigenvalue weighted by molar-refractivity contribution is 0.582. The van der Waals surface area contributed by atoms with Gasteiger partial charge in [-0.05, 0) is 57.6 Å². The van der Waals surface area contributed by atoms with Crippen LogP contribution in [0.5, 0.6) is 5.75 Å². The van der Waals surface area contributed by atoms with Crippen LogP contribution in [0.1, 0.15) is 18.2 Å². The minimum atomic E-state index is -1.15. The third-order valence-corrected chi connectivity index (χ3v) is 3.54. The van der Waals surface area contributed by atoms with E-state index in [2.05, 4.69) is 36.2 Å². The molecule has 0 amide bonds. The van der Waals surface area contributed by atoms with Gasteiger partial charge in [0, 0.05) is 6.20 Å². The number of hydrogen-bond acceptors (Lipinski definition) is 3. The van der Waals surface area contributed by atoms with Crippen molar-refractivity contribution in [1.82, 2.24) is 9.78 Å². The van der Waals surface area contributed by atoms with Gasteiger partial charge in [0.15, 0.2) is 0 Å². The first-order valence-electron chi connectivity index (χ1n) is 6.81. The molecule has 1 aromatic heterocycles. The molecule has 0 aliphatic carbocycles. The predicted molar refractivity (Wildman–Crippen MR) is 85.8 cm³/mol. The molecule has 0 atom stereocenters. The van der Waals surface area contributed by atoms with Gasteiger partial charge in [-0.25, -0.2) is 9.67 Å². The van der Waals surface area contributed by atoms with Gasteiger partial charge in [-0.1, -0.05) is 6.07 Å². The highest BCUT2D eigenvalue weighted by molar-refractivity contribution is 6.49. The Hall–Kier alpha value is -1.88. The van der Waals surface area contributed by atoms with Crippen LogP contribution < -0.4 is 4.43 Å². The van der Waals surface area contributed by atoms with Crippen LogP contribution in [0, 0.1) is 13.8 Å². The van der Waals surface area contributed by atoms with Gasteiger partial charge >= 0.3 is 0 Å². The molecule has 1 aromatic carbocycles. The molecule has 0 N–H and O–H groups in total. The standard InChI is InChI=1S/C15H21N3OSi/c1-11-6-7-15(19-20(4)5)14(10-11)16-13(3)18-9-8-12(2)17-18/h6-10,20H,1-5H3. The summed E-state index contributed by atoms with van der Waals surface area (Å²) >= 11 is 0. The molecule has 106 valence electrons. The molecule has 1 heterocycles. The van der Waals surface area contributed by atoms with Crippen LogP contribution in [0.4, 0.5) is 5.69 Å². The van der Waals surface area contributed by atoms with E-state index in [9.17, 15) is 0 Å². The maximum Gasteiger partial charge on any atom is 0.229 e. The van der Waals surface area contributed by atoms with E-state index in [1.54, 1.807) is 4.68 Å². The van der Waals surface area contributed by atoms with E-state index < -0.39 is 9.04 Å². The normalized spacial score (nSPS) is 12.0. The second-order valence-corrected chi connectivity index (χ2v) is 7.53. The number of aliphatic imine (C=N–C) groups is 1. The highest BCUT2D eigenvalue weighted by Crippen LogP contribution is 2.29. The minimum absolute atomic E-state index is 0.832. The van der Waals surface area contributed by atoms with Crippen molar-refractivity contribution in [3.8, 4) is 5.75 Å². The van der Waals surface area contributed by atoms with E-state index in [4.69, 9.17) is 4.43 Å². The maximum absolute atomic E-state index is 5.94. The molecule has 0 saturated carbocycles. The molecule has 0 fully saturated rings. The molecular weight excluding hydrogens is 266 g/mol. The number of benzene rings is 1. The average Bonchev–Trinajstić information content (AvgIpc) is 2.79. The van der Waals surface area contributed by atoms with Crippen molar-refractivity contribution in [3.05, 3.63) is 41.7 Å². The van der Waals surface area contributed by atoms with Crippen LogP contribution in [-0.4, -0.2) is 24.7 Å². The Labute approximate surface area is 121 Å². The fourth-order valence-corrected chi connectivity index (χ4v) is 2.60. The zero-order valence-corrected chi connectivity index (χ0v) is 13.9. The van der Waals surface area contributed by atoms with Gasteiger partial charge in [0.2, 0.25) is 9.04 Å². The fourth-order valence-electron chi connectivity index (χ4n) is 1.89. The molecule has 0 aliphatic heterocycles. The summed E-state index contributed by atoms with van der Waals surface area (Å²) in [6.45, 7) is 10.3. The topological polar surface area (TPSA) is 39.4 Å². The van der Waals surface area contributed by atoms with Crippen molar-refractivity contribution >= 4 is 20.6 Å². The van der Waals surface area contributed by atoms with Crippen LogP contribution in [0.2, 0.25) is 13.1 Å². The molecule has 2 aromatic rings. The predicted octanol–water partition coefficient (Wildman–Crippen LogP) is 3.46. The minimum Gasteiger partial charge on any atom is -0.546 e. The molecular formula is C15H21N3OSi. The molecule has 0 spiro atoms. The highest BCUT2D eigenvalue weighted by Gasteiger charge is 2.07. The van der Waals surface area contributed by atoms with Gasteiger partial charge in [0.25, 0.3) is 0 Å². The molecule has 0 unspecified atom stereocenters. The lowest BCUT2D eigenvalue weighted by Gasteiger charge is -2.13. The van der Waals surface area contributed by atoms with Crippen LogP contribution in [0.25, 0.3) is 0 Å². The molecule has 20 heavy (non-hydrogen) atoms. The lowest BCUT2D eigenvalue weighted by atomic mass is 10.2. The van der Waals surface area contributed by atoms with Crippen molar-refractivity contribution < 1.29 is 4.43 Å². The highest BCUT2D eigenvalue weighted by atomic mass is 28.3. The van der Waals surface area contributed by atoms with Gasteiger partial charge in [-0.15, -0.1) is 0 Å². The van der Waals surface area contributed by atoms with Gasteiger partial charge < -0.3 is 4.43 Å². The van der Waals surface area contributed by atoms with Crippen molar-refractivity contribution in [2.45, 2.75) is 33.9 Å². The van der Waals surface area contributed by atoms with Crippen molar-refractivity contribution in [1.29, 1.82) is 0 Å². The Balaban J connectivity index is 2.38. The Bertz CT molecular complexity index is 632. The van der Waals surface area contributed by atoms with E-state index in [1.165, 1.54) is 5.56 Å². The summed E-state index contributed by atoms with van der Waals surface area (Å²) in [5.41, 5.74) is 3.03. The second-order valence-electron chi connectivity index (χ2n) is 5.20. The average molecular weight is 287 g/mol. The molecule has 5 heteroatoms.